The predicted molar refractivity (Wildman–Crippen MR) is 102 cm³/mol. The van der Waals surface area contributed by atoms with Crippen molar-refractivity contribution in [1.29, 1.82) is 0 Å². The number of likely N-dealkylation sites (tertiary alicyclic amines) is 1. The molecule has 0 aliphatic carbocycles. The zero-order valence-electron chi connectivity index (χ0n) is 15.8. The lowest BCUT2D eigenvalue weighted by molar-refractivity contribution is 0.0879. The number of amides is 1. The van der Waals surface area contributed by atoms with Crippen LogP contribution in [0.25, 0.3) is 0 Å². The molecule has 8 heteroatoms. The third-order valence-electron chi connectivity index (χ3n) is 5.64. The van der Waals surface area contributed by atoms with Crippen molar-refractivity contribution in [2.75, 3.05) is 13.1 Å². The van der Waals surface area contributed by atoms with Crippen molar-refractivity contribution in [3.63, 3.8) is 0 Å². The molecule has 1 amide bonds. The van der Waals surface area contributed by atoms with E-state index >= 15 is 0 Å². The van der Waals surface area contributed by atoms with Gasteiger partial charge in [-0.2, -0.15) is 0 Å². The summed E-state index contributed by atoms with van der Waals surface area (Å²) in [7, 11) is 0. The fraction of sp³-hybridized carbons (Fsp3) is 0.381. The van der Waals surface area contributed by atoms with E-state index in [1.165, 1.54) is 18.2 Å². The molecule has 29 heavy (non-hydrogen) atoms. The van der Waals surface area contributed by atoms with Crippen molar-refractivity contribution in [2.45, 2.75) is 37.5 Å². The van der Waals surface area contributed by atoms with Crippen LogP contribution in [0, 0.1) is 17.5 Å². The fourth-order valence-electron chi connectivity index (χ4n) is 3.95. The van der Waals surface area contributed by atoms with Crippen molar-refractivity contribution >= 4 is 5.91 Å². The van der Waals surface area contributed by atoms with E-state index in [4.69, 9.17) is 0 Å². The quantitative estimate of drug-likeness (QED) is 0.734. The minimum Gasteiger partial charge on any atom is -0.349 e. The summed E-state index contributed by atoms with van der Waals surface area (Å²) < 4.78 is 39.5. The number of halogens is 3. The van der Waals surface area contributed by atoms with Gasteiger partial charge in [-0.05, 0) is 55.2 Å². The average Bonchev–Trinajstić information content (AvgIpc) is 3.21. The van der Waals surface area contributed by atoms with Gasteiger partial charge in [-0.1, -0.05) is 12.1 Å². The Hall–Kier alpha value is -2.42. The molecule has 3 N–H and O–H groups in total. The highest BCUT2D eigenvalue weighted by atomic mass is 19.2. The van der Waals surface area contributed by atoms with E-state index in [9.17, 15) is 18.0 Å². The van der Waals surface area contributed by atoms with Gasteiger partial charge in [-0.15, -0.1) is 0 Å². The second-order valence-corrected chi connectivity index (χ2v) is 7.56. The SMILES string of the molecule is O=C(NC1CCN(C2CC(c3ccc(F)cc3)NN2)CC1)c1ccc(F)c(F)c1. The fourth-order valence-corrected chi connectivity index (χ4v) is 3.95. The van der Waals surface area contributed by atoms with Gasteiger partial charge in [0.25, 0.3) is 5.91 Å². The van der Waals surface area contributed by atoms with Gasteiger partial charge in [-0.3, -0.25) is 9.69 Å². The molecule has 154 valence electrons. The number of carbonyl (C=O) groups excluding carboxylic acids is 1. The van der Waals surface area contributed by atoms with E-state index in [1.54, 1.807) is 12.1 Å². The van der Waals surface area contributed by atoms with E-state index in [0.29, 0.717) is 0 Å². The maximum atomic E-state index is 13.3. The Morgan fingerprint density at radius 3 is 2.38 bits per heavy atom. The van der Waals surface area contributed by atoms with Crippen LogP contribution in [0.3, 0.4) is 0 Å². The van der Waals surface area contributed by atoms with Gasteiger partial charge in [0.1, 0.15) is 5.82 Å². The molecule has 2 atom stereocenters. The van der Waals surface area contributed by atoms with Crippen molar-refractivity contribution < 1.29 is 18.0 Å². The zero-order chi connectivity index (χ0) is 20.4. The maximum absolute atomic E-state index is 13.3. The van der Waals surface area contributed by atoms with E-state index in [-0.39, 0.29) is 35.5 Å². The monoisotopic (exact) mass is 404 g/mol. The lowest BCUT2D eigenvalue weighted by atomic mass is 10.0. The van der Waals surface area contributed by atoms with Gasteiger partial charge in [0, 0.05) is 30.7 Å². The Bertz CT molecular complexity index is 869. The van der Waals surface area contributed by atoms with E-state index in [0.717, 1.165) is 50.0 Å². The van der Waals surface area contributed by atoms with Crippen LogP contribution in [-0.4, -0.2) is 36.1 Å². The minimum atomic E-state index is -1.03. The number of hydrazine groups is 1. The van der Waals surface area contributed by atoms with E-state index in [1.807, 2.05) is 0 Å². The topological polar surface area (TPSA) is 56.4 Å². The summed E-state index contributed by atoms with van der Waals surface area (Å²) in [5.41, 5.74) is 7.72. The van der Waals surface area contributed by atoms with Gasteiger partial charge < -0.3 is 5.32 Å². The normalized spacial score (nSPS) is 23.3. The summed E-state index contributed by atoms with van der Waals surface area (Å²) in [5.74, 6) is -2.63. The lowest BCUT2D eigenvalue weighted by Crippen LogP contribution is -2.51. The maximum Gasteiger partial charge on any atom is 0.251 e. The summed E-state index contributed by atoms with van der Waals surface area (Å²) in [6.07, 6.45) is 2.56. The lowest BCUT2D eigenvalue weighted by Gasteiger charge is -2.35. The van der Waals surface area contributed by atoms with Crippen LogP contribution in [0.5, 0.6) is 0 Å². The molecule has 2 aromatic rings. The Kier molecular flexibility index (Phi) is 5.84. The first-order chi connectivity index (χ1) is 14.0. The van der Waals surface area contributed by atoms with Crippen molar-refractivity contribution in [3.05, 3.63) is 71.0 Å². The molecule has 5 nitrogen and oxygen atoms in total. The number of rotatable bonds is 4. The van der Waals surface area contributed by atoms with Crippen LogP contribution in [0.2, 0.25) is 0 Å². The van der Waals surface area contributed by atoms with Gasteiger partial charge in [0.2, 0.25) is 0 Å². The first-order valence-corrected chi connectivity index (χ1v) is 9.76. The number of piperidine rings is 1. The number of nitrogens with zero attached hydrogens (tertiary/aromatic N) is 1. The first-order valence-electron chi connectivity index (χ1n) is 9.76. The van der Waals surface area contributed by atoms with E-state index < -0.39 is 11.6 Å². The van der Waals surface area contributed by atoms with Crippen molar-refractivity contribution in [2.24, 2.45) is 0 Å². The third kappa shape index (κ3) is 4.60. The van der Waals surface area contributed by atoms with Crippen molar-refractivity contribution in [1.82, 2.24) is 21.1 Å². The molecule has 2 aliphatic rings. The van der Waals surface area contributed by atoms with Gasteiger partial charge in [-0.25, -0.2) is 24.0 Å². The van der Waals surface area contributed by atoms with Gasteiger partial charge in [0.05, 0.1) is 6.17 Å². The molecule has 2 aromatic carbocycles. The van der Waals surface area contributed by atoms with Gasteiger partial charge in [0.15, 0.2) is 11.6 Å². The minimum absolute atomic E-state index is 0.00544. The first kappa shape index (κ1) is 19.9. The predicted octanol–water partition coefficient (Wildman–Crippen LogP) is 2.86. The highest BCUT2D eigenvalue weighted by Crippen LogP contribution is 2.26. The molecule has 2 unspecified atom stereocenters. The number of carbonyl (C=O) groups is 1. The molecule has 4 rings (SSSR count). The second-order valence-electron chi connectivity index (χ2n) is 7.56. The van der Waals surface area contributed by atoms with Crippen LogP contribution < -0.4 is 16.2 Å². The standard InChI is InChI=1S/C21H23F3N4O/c22-15-4-1-13(2-5-15)19-12-20(27-26-19)28-9-7-16(8-10-28)25-21(29)14-3-6-17(23)18(24)11-14/h1-6,11,16,19-20,26-27H,7-10,12H2,(H,25,29). The summed E-state index contributed by atoms with van der Waals surface area (Å²) in [4.78, 5) is 14.6. The molecule has 0 bridgehead atoms. The molecule has 2 saturated heterocycles. The number of hydrogen-bond acceptors (Lipinski definition) is 4. The van der Waals surface area contributed by atoms with E-state index in [2.05, 4.69) is 21.1 Å². The largest absolute Gasteiger partial charge is 0.349 e. The Balaban J connectivity index is 1.27. The third-order valence-corrected chi connectivity index (χ3v) is 5.64. The summed E-state index contributed by atoms with van der Waals surface area (Å²) >= 11 is 0. The Morgan fingerprint density at radius 1 is 0.966 bits per heavy atom. The Labute approximate surface area is 167 Å². The average molecular weight is 404 g/mol. The summed E-state index contributed by atoms with van der Waals surface area (Å²) in [6.45, 7) is 1.61. The summed E-state index contributed by atoms with van der Waals surface area (Å²) in [5, 5.41) is 2.91. The summed E-state index contributed by atoms with van der Waals surface area (Å²) in [6, 6.07) is 9.78. The molecule has 0 saturated carbocycles. The molecule has 0 spiro atoms. The molecular weight excluding hydrogens is 381 g/mol. The molecule has 2 aliphatic heterocycles. The second kappa shape index (κ2) is 8.52. The van der Waals surface area contributed by atoms with Crippen LogP contribution >= 0.6 is 0 Å². The Morgan fingerprint density at radius 2 is 1.69 bits per heavy atom. The smallest absolute Gasteiger partial charge is 0.251 e. The molecule has 2 heterocycles. The van der Waals surface area contributed by atoms with Crippen LogP contribution in [0.15, 0.2) is 42.5 Å². The molecule has 0 radical (unpaired) electrons. The van der Waals surface area contributed by atoms with Crippen LogP contribution in [0.4, 0.5) is 13.2 Å². The molecule has 0 aromatic heterocycles. The van der Waals surface area contributed by atoms with Gasteiger partial charge >= 0.3 is 0 Å². The highest BCUT2D eigenvalue weighted by Gasteiger charge is 2.32. The van der Waals surface area contributed by atoms with Crippen LogP contribution in [-0.2, 0) is 0 Å². The number of hydrogen-bond donors (Lipinski definition) is 3. The van der Waals surface area contributed by atoms with Crippen LogP contribution in [0.1, 0.15) is 41.2 Å². The highest BCUT2D eigenvalue weighted by molar-refractivity contribution is 5.94. The number of benzene rings is 2. The molecule has 2 fully saturated rings. The molecular formula is C21H23F3N4O. The van der Waals surface area contributed by atoms with Crippen molar-refractivity contribution in [3.8, 4) is 0 Å². The number of nitrogens with one attached hydrogen (secondary N) is 3. The zero-order valence-corrected chi connectivity index (χ0v) is 15.8.